The molecular formula is C24H20N2OS. The number of aryl methyl sites for hydroxylation is 2. The fourth-order valence-electron chi connectivity index (χ4n) is 2.96. The van der Waals surface area contributed by atoms with Gasteiger partial charge in [0, 0.05) is 27.8 Å². The zero-order chi connectivity index (χ0) is 19.5. The van der Waals surface area contributed by atoms with Gasteiger partial charge in [-0.2, -0.15) is 0 Å². The molecule has 0 spiro atoms. The Labute approximate surface area is 168 Å². The molecule has 4 aromatic rings. The molecule has 4 rings (SSSR count). The van der Waals surface area contributed by atoms with E-state index in [1.807, 2.05) is 79.9 Å². The van der Waals surface area contributed by atoms with Crippen LogP contribution in [0.25, 0.3) is 21.8 Å². The van der Waals surface area contributed by atoms with Crippen molar-refractivity contribution in [2.75, 3.05) is 5.32 Å². The topological polar surface area (TPSA) is 42.0 Å². The number of thiazole rings is 1. The van der Waals surface area contributed by atoms with Crippen molar-refractivity contribution < 1.29 is 4.79 Å². The van der Waals surface area contributed by atoms with E-state index in [2.05, 4.69) is 17.4 Å². The summed E-state index contributed by atoms with van der Waals surface area (Å²) in [4.78, 5) is 17.3. The Hall–Kier alpha value is -3.24. The highest BCUT2D eigenvalue weighted by Crippen LogP contribution is 2.30. The maximum absolute atomic E-state index is 12.6. The number of carbonyl (C=O) groups is 1. The Morgan fingerprint density at radius 1 is 0.857 bits per heavy atom. The largest absolute Gasteiger partial charge is 0.322 e. The second kappa shape index (κ2) is 7.79. The zero-order valence-electron chi connectivity index (χ0n) is 15.8. The third-order valence-corrected chi connectivity index (χ3v) is 5.60. The number of nitrogens with one attached hydrogen (secondary N) is 1. The van der Waals surface area contributed by atoms with E-state index in [9.17, 15) is 4.79 Å². The smallest absolute Gasteiger partial charge is 0.255 e. The Morgan fingerprint density at radius 3 is 2.43 bits per heavy atom. The minimum absolute atomic E-state index is 0.108. The normalized spacial score (nSPS) is 10.6. The Bertz CT molecular complexity index is 1130. The number of amides is 1. The van der Waals surface area contributed by atoms with Crippen LogP contribution < -0.4 is 5.32 Å². The van der Waals surface area contributed by atoms with E-state index in [1.165, 1.54) is 5.56 Å². The molecule has 0 aliphatic rings. The summed E-state index contributed by atoms with van der Waals surface area (Å²) >= 11 is 1.62. The van der Waals surface area contributed by atoms with Gasteiger partial charge >= 0.3 is 0 Å². The summed E-state index contributed by atoms with van der Waals surface area (Å²) < 4.78 is 0. The first-order chi connectivity index (χ1) is 13.6. The maximum Gasteiger partial charge on any atom is 0.255 e. The molecule has 3 aromatic carbocycles. The third-order valence-electron chi connectivity index (χ3n) is 4.71. The van der Waals surface area contributed by atoms with Crippen molar-refractivity contribution in [3.05, 3.63) is 94.9 Å². The van der Waals surface area contributed by atoms with Crippen LogP contribution in [0.3, 0.4) is 0 Å². The lowest BCUT2D eigenvalue weighted by atomic mass is 10.1. The van der Waals surface area contributed by atoms with Crippen molar-refractivity contribution in [1.82, 2.24) is 4.98 Å². The SMILES string of the molecule is Cc1ccc(C(=O)Nc2cccc(-c3csc(-c4ccccc4)n3)c2)cc1C. The van der Waals surface area contributed by atoms with E-state index in [0.717, 1.165) is 33.1 Å². The molecule has 0 unspecified atom stereocenters. The molecule has 0 saturated heterocycles. The molecular weight excluding hydrogens is 364 g/mol. The number of nitrogens with zero attached hydrogens (tertiary/aromatic N) is 1. The first-order valence-corrected chi connectivity index (χ1v) is 9.98. The molecule has 0 aliphatic heterocycles. The first-order valence-electron chi connectivity index (χ1n) is 9.10. The van der Waals surface area contributed by atoms with E-state index in [0.29, 0.717) is 5.56 Å². The minimum atomic E-state index is -0.108. The van der Waals surface area contributed by atoms with Crippen LogP contribution in [0, 0.1) is 13.8 Å². The van der Waals surface area contributed by atoms with Crippen LogP contribution in [0.1, 0.15) is 21.5 Å². The van der Waals surface area contributed by atoms with Crippen molar-refractivity contribution in [3.8, 4) is 21.8 Å². The predicted octanol–water partition coefficient (Wildman–Crippen LogP) is 6.35. The fourth-order valence-corrected chi connectivity index (χ4v) is 3.80. The van der Waals surface area contributed by atoms with Gasteiger partial charge in [-0.25, -0.2) is 4.98 Å². The van der Waals surface area contributed by atoms with Crippen LogP contribution in [-0.4, -0.2) is 10.9 Å². The fraction of sp³-hybridized carbons (Fsp3) is 0.0833. The lowest BCUT2D eigenvalue weighted by molar-refractivity contribution is 0.102. The predicted molar refractivity (Wildman–Crippen MR) is 117 cm³/mol. The van der Waals surface area contributed by atoms with Crippen molar-refractivity contribution in [1.29, 1.82) is 0 Å². The maximum atomic E-state index is 12.6. The molecule has 0 radical (unpaired) electrons. The van der Waals surface area contributed by atoms with Crippen LogP contribution >= 0.6 is 11.3 Å². The quantitative estimate of drug-likeness (QED) is 0.446. The van der Waals surface area contributed by atoms with E-state index in [4.69, 9.17) is 4.98 Å². The summed E-state index contributed by atoms with van der Waals surface area (Å²) in [5.74, 6) is -0.108. The molecule has 3 nitrogen and oxygen atoms in total. The van der Waals surface area contributed by atoms with Gasteiger partial charge in [0.15, 0.2) is 0 Å². The van der Waals surface area contributed by atoms with Crippen LogP contribution in [0.2, 0.25) is 0 Å². The molecule has 1 aromatic heterocycles. The summed E-state index contributed by atoms with van der Waals surface area (Å²) in [5.41, 5.74) is 6.71. The lowest BCUT2D eigenvalue weighted by Crippen LogP contribution is -2.12. The zero-order valence-corrected chi connectivity index (χ0v) is 16.6. The van der Waals surface area contributed by atoms with Gasteiger partial charge in [0.2, 0.25) is 0 Å². The number of aromatic nitrogens is 1. The van der Waals surface area contributed by atoms with Gasteiger partial charge in [0.05, 0.1) is 5.69 Å². The van der Waals surface area contributed by atoms with E-state index in [1.54, 1.807) is 11.3 Å². The lowest BCUT2D eigenvalue weighted by Gasteiger charge is -2.08. The average Bonchev–Trinajstić information content (AvgIpc) is 3.21. The molecule has 0 fully saturated rings. The molecule has 0 bridgehead atoms. The van der Waals surface area contributed by atoms with Crippen LogP contribution in [0.15, 0.2) is 78.2 Å². The monoisotopic (exact) mass is 384 g/mol. The highest BCUT2D eigenvalue weighted by atomic mass is 32.1. The van der Waals surface area contributed by atoms with Gasteiger partial charge in [-0.05, 0) is 49.2 Å². The number of rotatable bonds is 4. The second-order valence-corrected chi connectivity index (χ2v) is 7.60. The van der Waals surface area contributed by atoms with Crippen LogP contribution in [-0.2, 0) is 0 Å². The molecule has 1 amide bonds. The number of hydrogen-bond donors (Lipinski definition) is 1. The van der Waals surface area contributed by atoms with Gasteiger partial charge in [-0.15, -0.1) is 11.3 Å². The summed E-state index contributed by atoms with van der Waals surface area (Å²) in [6.07, 6.45) is 0. The van der Waals surface area contributed by atoms with E-state index in [-0.39, 0.29) is 5.91 Å². The Balaban J connectivity index is 1.56. The molecule has 1 N–H and O–H groups in total. The van der Waals surface area contributed by atoms with Gasteiger partial charge < -0.3 is 5.32 Å². The van der Waals surface area contributed by atoms with Crippen molar-refractivity contribution in [3.63, 3.8) is 0 Å². The Morgan fingerprint density at radius 2 is 1.64 bits per heavy atom. The molecule has 0 aliphatic carbocycles. The molecule has 0 atom stereocenters. The van der Waals surface area contributed by atoms with Crippen molar-refractivity contribution in [2.45, 2.75) is 13.8 Å². The average molecular weight is 385 g/mol. The number of anilines is 1. The van der Waals surface area contributed by atoms with Crippen LogP contribution in [0.4, 0.5) is 5.69 Å². The third kappa shape index (κ3) is 3.87. The molecule has 138 valence electrons. The summed E-state index contributed by atoms with van der Waals surface area (Å²) in [5, 5.41) is 6.02. The summed E-state index contributed by atoms with van der Waals surface area (Å²) in [6.45, 7) is 4.05. The highest BCUT2D eigenvalue weighted by Gasteiger charge is 2.10. The van der Waals surface area contributed by atoms with Crippen LogP contribution in [0.5, 0.6) is 0 Å². The summed E-state index contributed by atoms with van der Waals surface area (Å²) in [7, 11) is 0. The number of benzene rings is 3. The second-order valence-electron chi connectivity index (χ2n) is 6.74. The van der Waals surface area contributed by atoms with Gasteiger partial charge in [-0.3, -0.25) is 4.79 Å². The van der Waals surface area contributed by atoms with Gasteiger partial charge in [0.25, 0.3) is 5.91 Å². The van der Waals surface area contributed by atoms with E-state index >= 15 is 0 Å². The Kier molecular flexibility index (Phi) is 5.04. The minimum Gasteiger partial charge on any atom is -0.322 e. The number of hydrogen-bond acceptors (Lipinski definition) is 3. The summed E-state index contributed by atoms with van der Waals surface area (Å²) in [6, 6.07) is 23.7. The van der Waals surface area contributed by atoms with Gasteiger partial charge in [0.1, 0.15) is 5.01 Å². The molecule has 28 heavy (non-hydrogen) atoms. The van der Waals surface area contributed by atoms with Gasteiger partial charge in [-0.1, -0.05) is 48.5 Å². The molecule has 1 heterocycles. The first kappa shape index (κ1) is 18.1. The van der Waals surface area contributed by atoms with E-state index < -0.39 is 0 Å². The highest BCUT2D eigenvalue weighted by molar-refractivity contribution is 7.13. The van der Waals surface area contributed by atoms with Crippen molar-refractivity contribution in [2.24, 2.45) is 0 Å². The molecule has 4 heteroatoms. The molecule has 0 saturated carbocycles. The standard InChI is InChI=1S/C24H20N2OS/c1-16-11-12-20(13-17(16)2)23(27)25-21-10-6-9-19(14-21)22-15-28-24(26-22)18-7-4-3-5-8-18/h3-15H,1-2H3,(H,25,27). The number of carbonyl (C=O) groups excluding carboxylic acids is 1. The van der Waals surface area contributed by atoms with Crippen molar-refractivity contribution >= 4 is 22.9 Å².